The second-order valence-corrected chi connectivity index (χ2v) is 8.09. The van der Waals surface area contributed by atoms with Gasteiger partial charge in [-0.2, -0.15) is 0 Å². The first-order valence-corrected chi connectivity index (χ1v) is 9.24. The molecule has 1 aromatic carbocycles. The molecule has 8 nitrogen and oxygen atoms in total. The third-order valence-electron chi connectivity index (χ3n) is 4.87. The van der Waals surface area contributed by atoms with E-state index >= 15 is 0 Å². The molecule has 3 heterocycles. The van der Waals surface area contributed by atoms with E-state index < -0.39 is 48.2 Å². The van der Waals surface area contributed by atoms with Gasteiger partial charge in [-0.15, -0.1) is 0 Å². The van der Waals surface area contributed by atoms with Crippen LogP contribution in [-0.4, -0.2) is 54.0 Å². The van der Waals surface area contributed by atoms with E-state index in [1.54, 1.807) is 52.0 Å². The quantitative estimate of drug-likeness (QED) is 0.439. The fourth-order valence-electron chi connectivity index (χ4n) is 3.73. The number of ketones is 1. The van der Waals surface area contributed by atoms with E-state index in [1.807, 2.05) is 0 Å². The first-order chi connectivity index (χ1) is 13.0. The molecule has 0 aliphatic carbocycles. The van der Waals surface area contributed by atoms with Gasteiger partial charge >= 0.3 is 5.97 Å². The Morgan fingerprint density at radius 3 is 2.07 bits per heavy atom. The third kappa shape index (κ3) is 3.58. The molecular formula is C20H24O8. The minimum absolute atomic E-state index is 0.0675. The number of benzene rings is 1. The first kappa shape index (κ1) is 19.5. The van der Waals surface area contributed by atoms with Crippen molar-refractivity contribution in [3.8, 4) is 5.75 Å². The van der Waals surface area contributed by atoms with Gasteiger partial charge in [-0.25, -0.2) is 4.79 Å². The molecule has 28 heavy (non-hydrogen) atoms. The van der Waals surface area contributed by atoms with Crippen molar-refractivity contribution in [3.05, 3.63) is 29.8 Å². The standard InChI is InChI=1S/C20H24O8/c1-10(21)11-6-8-12(9-7-11)23-17(22)15-13-14(26-19(2,3)25-13)16-18(24-15)28-20(4,5)27-16/h6-9,13-16,18H,1-5H3/t13-,14-,15+,16-,18+/m0/s1. The van der Waals surface area contributed by atoms with Crippen LogP contribution in [0, 0.1) is 0 Å². The fourth-order valence-corrected chi connectivity index (χ4v) is 3.73. The van der Waals surface area contributed by atoms with Gasteiger partial charge in [0.05, 0.1) is 0 Å². The lowest BCUT2D eigenvalue weighted by Gasteiger charge is -2.35. The predicted octanol–water partition coefficient (Wildman–Crippen LogP) is 2.19. The highest BCUT2D eigenvalue weighted by atomic mass is 16.9. The van der Waals surface area contributed by atoms with Crippen molar-refractivity contribution in [2.24, 2.45) is 0 Å². The van der Waals surface area contributed by atoms with Crippen molar-refractivity contribution in [1.82, 2.24) is 0 Å². The third-order valence-corrected chi connectivity index (χ3v) is 4.87. The van der Waals surface area contributed by atoms with Gasteiger partial charge in [0.2, 0.25) is 0 Å². The van der Waals surface area contributed by atoms with E-state index in [0.717, 1.165) is 0 Å². The molecule has 0 saturated carbocycles. The van der Waals surface area contributed by atoms with Crippen LogP contribution < -0.4 is 4.74 Å². The molecule has 0 unspecified atom stereocenters. The largest absolute Gasteiger partial charge is 0.425 e. The van der Waals surface area contributed by atoms with E-state index in [0.29, 0.717) is 11.3 Å². The minimum Gasteiger partial charge on any atom is -0.425 e. The van der Waals surface area contributed by atoms with Crippen molar-refractivity contribution in [3.63, 3.8) is 0 Å². The maximum atomic E-state index is 12.8. The summed E-state index contributed by atoms with van der Waals surface area (Å²) in [5.41, 5.74) is 0.532. The van der Waals surface area contributed by atoms with Gasteiger partial charge in [0.15, 0.2) is 29.8 Å². The highest BCUT2D eigenvalue weighted by Gasteiger charge is 2.62. The average molecular weight is 392 g/mol. The number of ether oxygens (including phenoxy) is 6. The number of carbonyl (C=O) groups excluding carboxylic acids is 2. The summed E-state index contributed by atoms with van der Waals surface area (Å²) in [5, 5.41) is 0. The molecule has 0 amide bonds. The molecule has 3 saturated heterocycles. The summed E-state index contributed by atoms with van der Waals surface area (Å²) in [6.07, 6.45) is -3.56. The molecule has 8 heteroatoms. The minimum atomic E-state index is -1.04. The van der Waals surface area contributed by atoms with Crippen LogP contribution in [0.4, 0.5) is 0 Å². The lowest BCUT2D eigenvalue weighted by molar-refractivity contribution is -0.236. The number of carbonyl (C=O) groups is 2. The van der Waals surface area contributed by atoms with Gasteiger partial charge in [-0.3, -0.25) is 4.79 Å². The molecular weight excluding hydrogens is 368 g/mol. The van der Waals surface area contributed by atoms with Gasteiger partial charge < -0.3 is 28.4 Å². The number of rotatable bonds is 3. The molecule has 5 atom stereocenters. The van der Waals surface area contributed by atoms with Crippen LogP contribution in [0.15, 0.2) is 24.3 Å². The summed E-state index contributed by atoms with van der Waals surface area (Å²) >= 11 is 0. The Kier molecular flexibility index (Phi) is 4.59. The monoisotopic (exact) mass is 392 g/mol. The zero-order valence-corrected chi connectivity index (χ0v) is 16.5. The summed E-state index contributed by atoms with van der Waals surface area (Å²) in [4.78, 5) is 24.2. The number of hydrogen-bond donors (Lipinski definition) is 0. The Morgan fingerprint density at radius 1 is 0.857 bits per heavy atom. The lowest BCUT2D eigenvalue weighted by atomic mass is 9.99. The predicted molar refractivity (Wildman–Crippen MR) is 94.6 cm³/mol. The second kappa shape index (κ2) is 6.60. The van der Waals surface area contributed by atoms with Crippen molar-refractivity contribution in [1.29, 1.82) is 0 Å². The van der Waals surface area contributed by atoms with Gasteiger partial charge in [-0.05, 0) is 58.9 Å². The molecule has 0 spiro atoms. The lowest BCUT2D eigenvalue weighted by Crippen LogP contribution is -2.58. The van der Waals surface area contributed by atoms with Gasteiger partial charge in [-0.1, -0.05) is 0 Å². The Morgan fingerprint density at radius 2 is 1.43 bits per heavy atom. The van der Waals surface area contributed by atoms with Crippen LogP contribution >= 0.6 is 0 Å². The molecule has 0 radical (unpaired) electrons. The van der Waals surface area contributed by atoms with Crippen molar-refractivity contribution < 1.29 is 38.0 Å². The molecule has 1 aromatic rings. The molecule has 0 bridgehead atoms. The molecule has 3 aliphatic heterocycles. The summed E-state index contributed by atoms with van der Waals surface area (Å²) in [6.45, 7) is 8.55. The van der Waals surface area contributed by atoms with Crippen molar-refractivity contribution in [2.75, 3.05) is 0 Å². The molecule has 0 N–H and O–H groups in total. The summed E-state index contributed by atoms with van der Waals surface area (Å²) in [5.74, 6) is -2.15. The molecule has 4 rings (SSSR count). The second-order valence-electron chi connectivity index (χ2n) is 8.09. The topological polar surface area (TPSA) is 89.5 Å². The Bertz CT molecular complexity index is 784. The highest BCUT2D eigenvalue weighted by Crippen LogP contribution is 2.44. The van der Waals surface area contributed by atoms with Gasteiger partial charge in [0, 0.05) is 5.56 Å². The maximum Gasteiger partial charge on any atom is 0.343 e. The number of hydrogen-bond acceptors (Lipinski definition) is 8. The molecule has 152 valence electrons. The number of esters is 1. The number of Topliss-reactive ketones (excluding diaryl/α,β-unsaturated/α-hetero) is 1. The van der Waals surface area contributed by atoms with Gasteiger partial charge in [0.1, 0.15) is 24.1 Å². The van der Waals surface area contributed by atoms with Crippen LogP contribution in [0.1, 0.15) is 45.0 Å². The fraction of sp³-hybridized carbons (Fsp3) is 0.600. The Labute approximate surface area is 163 Å². The Hall–Kier alpha value is -1.84. The normalized spacial score (nSPS) is 35.1. The molecule has 0 aromatic heterocycles. The zero-order chi connectivity index (χ0) is 20.3. The molecule has 3 aliphatic rings. The van der Waals surface area contributed by atoms with Crippen LogP contribution in [0.5, 0.6) is 5.75 Å². The summed E-state index contributed by atoms with van der Waals surface area (Å²) in [6, 6.07) is 6.32. The van der Waals surface area contributed by atoms with Crippen LogP contribution in [0.3, 0.4) is 0 Å². The average Bonchev–Trinajstić information content (AvgIpc) is 3.08. The van der Waals surface area contributed by atoms with E-state index in [9.17, 15) is 9.59 Å². The molecule has 3 fully saturated rings. The smallest absolute Gasteiger partial charge is 0.343 e. The summed E-state index contributed by atoms with van der Waals surface area (Å²) in [7, 11) is 0. The van der Waals surface area contributed by atoms with Crippen LogP contribution in [-0.2, 0) is 28.5 Å². The van der Waals surface area contributed by atoms with E-state index in [2.05, 4.69) is 0 Å². The van der Waals surface area contributed by atoms with Gasteiger partial charge in [0.25, 0.3) is 0 Å². The van der Waals surface area contributed by atoms with E-state index in [4.69, 9.17) is 28.4 Å². The van der Waals surface area contributed by atoms with Crippen molar-refractivity contribution >= 4 is 11.8 Å². The summed E-state index contributed by atoms with van der Waals surface area (Å²) < 4.78 is 34.9. The first-order valence-electron chi connectivity index (χ1n) is 9.24. The zero-order valence-electron chi connectivity index (χ0n) is 16.5. The van der Waals surface area contributed by atoms with Crippen LogP contribution in [0.2, 0.25) is 0 Å². The Balaban J connectivity index is 1.54. The van der Waals surface area contributed by atoms with Crippen LogP contribution in [0.25, 0.3) is 0 Å². The maximum absolute atomic E-state index is 12.8. The van der Waals surface area contributed by atoms with E-state index in [-0.39, 0.29) is 5.78 Å². The SMILES string of the molecule is CC(=O)c1ccc(OC(=O)[C@@H]2O[C@@H]3OC(C)(C)O[C@H]3[C@H]3OC(C)(C)O[C@@H]32)cc1. The highest BCUT2D eigenvalue weighted by molar-refractivity contribution is 5.94. The number of fused-ring (bicyclic) bond motifs is 3. The van der Waals surface area contributed by atoms with E-state index in [1.165, 1.54) is 6.92 Å². The van der Waals surface area contributed by atoms with Crippen molar-refractivity contribution in [2.45, 2.75) is 76.9 Å².